The average molecular weight is 475 g/mol. The molecule has 7 nitrogen and oxygen atoms in total. The Hall–Kier alpha value is -2.84. The number of nitrogens with one attached hydrogen (secondary N) is 1. The number of hydrogen-bond donors (Lipinski definition) is 1. The number of benzene rings is 2. The Morgan fingerprint density at radius 2 is 2.06 bits per heavy atom. The van der Waals surface area contributed by atoms with Crippen molar-refractivity contribution in [2.45, 2.75) is 31.5 Å². The van der Waals surface area contributed by atoms with E-state index in [1.54, 1.807) is 30.3 Å². The molecule has 1 N–H and O–H groups in total. The van der Waals surface area contributed by atoms with Crippen LogP contribution in [0.15, 0.2) is 41.5 Å². The van der Waals surface area contributed by atoms with Crippen molar-refractivity contribution < 1.29 is 18.7 Å². The molecule has 0 spiro atoms. The van der Waals surface area contributed by atoms with Crippen molar-refractivity contribution in [1.82, 2.24) is 15.2 Å². The quantitative estimate of drug-likeness (QED) is 0.390. The number of rotatable bonds is 6. The van der Waals surface area contributed by atoms with Gasteiger partial charge in [0.1, 0.15) is 12.2 Å². The predicted molar refractivity (Wildman–Crippen MR) is 125 cm³/mol. The Morgan fingerprint density at radius 1 is 1.30 bits per heavy atom. The zero-order valence-electron chi connectivity index (χ0n) is 19.0. The predicted octanol–water partition coefficient (Wildman–Crippen LogP) is 3.92. The summed E-state index contributed by atoms with van der Waals surface area (Å²) < 4.78 is 26.9. The smallest absolute Gasteiger partial charge is 0.278 e. The molecule has 9 heteroatoms. The van der Waals surface area contributed by atoms with E-state index in [9.17, 15) is 9.18 Å². The third-order valence-corrected chi connectivity index (χ3v) is 6.14. The van der Waals surface area contributed by atoms with Crippen molar-refractivity contribution in [3.8, 4) is 11.5 Å². The summed E-state index contributed by atoms with van der Waals surface area (Å²) in [6, 6.07) is 10.3. The highest BCUT2D eigenvalue weighted by atomic mass is 35.5. The summed E-state index contributed by atoms with van der Waals surface area (Å²) in [4.78, 5) is 16.0. The number of hydrogen-bond acceptors (Lipinski definition) is 5. The van der Waals surface area contributed by atoms with Crippen LogP contribution in [0.5, 0.6) is 11.5 Å². The lowest BCUT2D eigenvalue weighted by Gasteiger charge is -2.32. The topological polar surface area (TPSA) is 66.4 Å². The average Bonchev–Trinajstić information content (AvgIpc) is 3.11. The molecule has 4 rings (SSSR count). The van der Waals surface area contributed by atoms with Crippen LogP contribution in [-0.4, -0.2) is 55.8 Å². The van der Waals surface area contributed by atoms with Gasteiger partial charge in [-0.1, -0.05) is 23.7 Å². The molecule has 2 aliphatic heterocycles. The fourth-order valence-electron chi connectivity index (χ4n) is 4.29. The van der Waals surface area contributed by atoms with Crippen LogP contribution in [-0.2, 0) is 10.6 Å². The van der Waals surface area contributed by atoms with E-state index in [0.717, 1.165) is 31.5 Å². The third-order valence-electron chi connectivity index (χ3n) is 5.90. The Kier molecular flexibility index (Phi) is 6.76. The van der Waals surface area contributed by atoms with Crippen molar-refractivity contribution in [3.63, 3.8) is 0 Å². The Labute approximate surface area is 198 Å². The van der Waals surface area contributed by atoms with Crippen LogP contribution in [0.4, 0.5) is 4.39 Å². The Balaban J connectivity index is 1.41. The summed E-state index contributed by atoms with van der Waals surface area (Å²) in [5, 5.41) is 4.22. The number of likely N-dealkylation sites (tertiary alicyclic amines) is 1. The van der Waals surface area contributed by atoms with Gasteiger partial charge in [0, 0.05) is 31.6 Å². The van der Waals surface area contributed by atoms with E-state index in [1.165, 1.54) is 6.07 Å². The fourth-order valence-corrected chi connectivity index (χ4v) is 4.45. The Bertz CT molecular complexity index is 1060. The molecule has 0 radical (unpaired) electrons. The minimum absolute atomic E-state index is 0.135. The molecule has 2 aliphatic rings. The first-order valence-corrected chi connectivity index (χ1v) is 11.3. The van der Waals surface area contributed by atoms with Gasteiger partial charge in [-0.25, -0.2) is 9.82 Å². The maximum Gasteiger partial charge on any atom is 0.278 e. The van der Waals surface area contributed by atoms with Crippen molar-refractivity contribution in [1.29, 1.82) is 0 Å². The number of hydrazone groups is 1. The number of amides is 1. The Morgan fingerprint density at radius 3 is 2.76 bits per heavy atom. The van der Waals surface area contributed by atoms with Gasteiger partial charge in [0.25, 0.3) is 11.7 Å². The molecule has 2 aromatic rings. The van der Waals surface area contributed by atoms with Gasteiger partial charge < -0.3 is 14.4 Å². The fraction of sp³-hybridized carbons (Fsp3) is 0.417. The highest BCUT2D eigenvalue weighted by Gasteiger charge is 2.42. The van der Waals surface area contributed by atoms with Crippen LogP contribution in [0.2, 0.25) is 5.02 Å². The number of carbonyl (C=O) groups is 1. The molecule has 1 atom stereocenters. The lowest BCUT2D eigenvalue weighted by atomic mass is 9.88. The van der Waals surface area contributed by atoms with Crippen molar-refractivity contribution >= 4 is 23.8 Å². The molecular formula is C24H28ClFN4O3. The summed E-state index contributed by atoms with van der Waals surface area (Å²) >= 11 is 5.91. The lowest BCUT2D eigenvalue weighted by molar-refractivity contribution is -0.122. The molecular weight excluding hydrogens is 447 g/mol. The number of carbonyl (C=O) groups excluding carboxylic acids is 1. The van der Waals surface area contributed by atoms with Crippen molar-refractivity contribution in [3.05, 3.63) is 58.4 Å². The molecule has 1 fully saturated rings. The van der Waals surface area contributed by atoms with E-state index in [2.05, 4.69) is 15.4 Å². The van der Waals surface area contributed by atoms with E-state index in [-0.39, 0.29) is 11.8 Å². The first-order chi connectivity index (χ1) is 15.7. The molecule has 1 amide bonds. The van der Waals surface area contributed by atoms with Crippen LogP contribution in [0.1, 0.15) is 36.8 Å². The van der Waals surface area contributed by atoms with Crippen molar-refractivity contribution in [2.75, 3.05) is 33.7 Å². The molecule has 33 heavy (non-hydrogen) atoms. The van der Waals surface area contributed by atoms with E-state index in [4.69, 9.17) is 21.1 Å². The van der Waals surface area contributed by atoms with E-state index < -0.39 is 11.6 Å². The lowest BCUT2D eigenvalue weighted by Crippen LogP contribution is -2.40. The zero-order chi connectivity index (χ0) is 23.6. The van der Waals surface area contributed by atoms with E-state index in [0.29, 0.717) is 28.6 Å². The van der Waals surface area contributed by atoms with Gasteiger partial charge in [-0.2, -0.15) is 5.10 Å². The number of ether oxygens (including phenoxy) is 2. The maximum absolute atomic E-state index is 14.6. The van der Waals surface area contributed by atoms with E-state index >= 15 is 0 Å². The van der Waals surface area contributed by atoms with E-state index in [1.807, 2.05) is 32.3 Å². The van der Waals surface area contributed by atoms with Gasteiger partial charge in [-0.05, 0) is 56.1 Å². The minimum Gasteiger partial charge on any atom is -0.444 e. The molecule has 0 bridgehead atoms. The summed E-state index contributed by atoms with van der Waals surface area (Å²) in [5.74, 6) is -0.357. The number of para-hydroxylation sites is 1. The van der Waals surface area contributed by atoms with Crippen LogP contribution in [0.3, 0.4) is 0 Å². The number of halogens is 2. The molecule has 2 heterocycles. The summed E-state index contributed by atoms with van der Waals surface area (Å²) in [7, 11) is 3.67. The molecule has 1 saturated heterocycles. The van der Waals surface area contributed by atoms with Crippen molar-refractivity contribution in [2.24, 2.45) is 5.10 Å². The second kappa shape index (κ2) is 9.57. The summed E-state index contributed by atoms with van der Waals surface area (Å²) in [5.41, 5.74) is 3.89. The second-order valence-electron chi connectivity index (χ2n) is 8.74. The normalized spacial score (nSPS) is 20.9. The highest BCUT2D eigenvalue weighted by molar-refractivity contribution is 6.30. The zero-order valence-corrected chi connectivity index (χ0v) is 19.7. The highest BCUT2D eigenvalue weighted by Crippen LogP contribution is 2.49. The van der Waals surface area contributed by atoms with Gasteiger partial charge in [-0.15, -0.1) is 0 Å². The molecule has 0 saturated carbocycles. The first kappa shape index (κ1) is 23.3. The van der Waals surface area contributed by atoms with Gasteiger partial charge in [-0.3, -0.25) is 9.69 Å². The molecule has 0 aliphatic carbocycles. The number of piperidine rings is 1. The SMILES string of the molecule is CN(C)C=NNC(=O)CN1CCC(c2cccc3c2OC(C)(c2ccc(Cl)cc2F)O3)CC1. The van der Waals surface area contributed by atoms with Crippen LogP contribution in [0.25, 0.3) is 0 Å². The van der Waals surface area contributed by atoms with Crippen LogP contribution < -0.4 is 14.9 Å². The van der Waals surface area contributed by atoms with Crippen LogP contribution in [0, 0.1) is 5.82 Å². The first-order valence-electron chi connectivity index (χ1n) is 10.9. The molecule has 0 aromatic heterocycles. The standard InChI is InChI=1S/C24H28ClFN4O3/c1-24(19-8-7-17(25)13-20(19)26)32-21-6-4-5-18(23(21)33-24)16-9-11-30(12-10-16)14-22(31)28-27-15-29(2)3/h4-8,13,15-16H,9-12,14H2,1-3H3,(H,28,31). The van der Waals surface area contributed by atoms with Gasteiger partial charge >= 0.3 is 0 Å². The largest absolute Gasteiger partial charge is 0.444 e. The van der Waals surface area contributed by atoms with Gasteiger partial charge in [0.05, 0.1) is 12.1 Å². The third kappa shape index (κ3) is 5.23. The maximum atomic E-state index is 14.6. The monoisotopic (exact) mass is 474 g/mol. The molecule has 2 aromatic carbocycles. The minimum atomic E-state index is -1.26. The van der Waals surface area contributed by atoms with Gasteiger partial charge in [0.2, 0.25) is 0 Å². The van der Waals surface area contributed by atoms with Gasteiger partial charge in [0.15, 0.2) is 11.5 Å². The number of nitrogens with zero attached hydrogens (tertiary/aromatic N) is 3. The second-order valence-corrected chi connectivity index (χ2v) is 9.18. The van der Waals surface area contributed by atoms with Crippen LogP contribution >= 0.6 is 11.6 Å². The molecule has 1 unspecified atom stereocenters. The number of fused-ring (bicyclic) bond motifs is 1. The summed E-state index contributed by atoms with van der Waals surface area (Å²) in [6.45, 7) is 3.58. The molecule has 176 valence electrons. The summed E-state index contributed by atoms with van der Waals surface area (Å²) in [6.07, 6.45) is 3.30.